The summed E-state index contributed by atoms with van der Waals surface area (Å²) in [6.45, 7) is 8.07. The normalized spacial score (nSPS) is 11.2. The molecule has 174 valence electrons. The number of urea groups is 1. The second-order valence-electron chi connectivity index (χ2n) is 8.79. The fourth-order valence-electron chi connectivity index (χ4n) is 3.31. The Morgan fingerprint density at radius 2 is 1.73 bits per heavy atom. The summed E-state index contributed by atoms with van der Waals surface area (Å²) in [6.07, 6.45) is 0.737. The number of amides is 3. The van der Waals surface area contributed by atoms with Crippen LogP contribution in [0.2, 0.25) is 5.02 Å². The summed E-state index contributed by atoms with van der Waals surface area (Å²) in [4.78, 5) is 27.1. The van der Waals surface area contributed by atoms with Crippen LogP contribution in [0.4, 0.5) is 10.6 Å². The van der Waals surface area contributed by atoms with Crippen LogP contribution in [0, 0.1) is 0 Å². The first-order valence-electron chi connectivity index (χ1n) is 11.0. The van der Waals surface area contributed by atoms with Crippen molar-refractivity contribution in [3.63, 3.8) is 0 Å². The maximum Gasteiger partial charge on any atom is 0.318 e. The Morgan fingerprint density at radius 1 is 1.06 bits per heavy atom. The van der Waals surface area contributed by atoms with Gasteiger partial charge in [-0.3, -0.25) is 4.79 Å². The van der Waals surface area contributed by atoms with Gasteiger partial charge in [-0.15, -0.1) is 0 Å². The molecule has 3 rings (SSSR count). The van der Waals surface area contributed by atoms with Gasteiger partial charge in [-0.25, -0.2) is 9.48 Å². The molecule has 1 heterocycles. The zero-order valence-corrected chi connectivity index (χ0v) is 20.2. The summed E-state index contributed by atoms with van der Waals surface area (Å²) in [7, 11) is 0. The van der Waals surface area contributed by atoms with Crippen LogP contribution in [0.15, 0.2) is 60.7 Å². The second-order valence-corrected chi connectivity index (χ2v) is 9.20. The summed E-state index contributed by atoms with van der Waals surface area (Å²) in [5, 5.41) is 11.0. The maximum absolute atomic E-state index is 13.0. The minimum atomic E-state index is -0.396. The van der Waals surface area contributed by atoms with E-state index in [1.54, 1.807) is 16.8 Å². The SMILES string of the molecule is CCCN(CC(=O)Nc1cc(-c2ccccc2)nn1-c1ccccc1Cl)C(=O)NC(C)(C)C. The summed E-state index contributed by atoms with van der Waals surface area (Å²) in [6, 6.07) is 18.5. The summed E-state index contributed by atoms with van der Waals surface area (Å²) in [5.74, 6) is 0.153. The lowest BCUT2D eigenvalue weighted by molar-refractivity contribution is -0.116. The average Bonchev–Trinajstić information content (AvgIpc) is 3.16. The van der Waals surface area contributed by atoms with Crippen molar-refractivity contribution in [2.24, 2.45) is 0 Å². The molecule has 0 unspecified atom stereocenters. The van der Waals surface area contributed by atoms with Gasteiger partial charge in [0.2, 0.25) is 5.91 Å². The van der Waals surface area contributed by atoms with E-state index >= 15 is 0 Å². The number of rotatable bonds is 7. The largest absolute Gasteiger partial charge is 0.333 e. The molecule has 0 spiro atoms. The second kappa shape index (κ2) is 10.5. The molecule has 8 heteroatoms. The number of benzene rings is 2. The first-order valence-corrected chi connectivity index (χ1v) is 11.3. The van der Waals surface area contributed by atoms with E-state index < -0.39 is 5.54 Å². The molecule has 2 N–H and O–H groups in total. The number of aromatic nitrogens is 2. The van der Waals surface area contributed by atoms with Crippen LogP contribution in [-0.2, 0) is 4.79 Å². The van der Waals surface area contributed by atoms with E-state index in [-0.39, 0.29) is 18.5 Å². The number of carbonyl (C=O) groups is 2. The lowest BCUT2D eigenvalue weighted by Gasteiger charge is -2.27. The Kier molecular flexibility index (Phi) is 7.76. The van der Waals surface area contributed by atoms with Gasteiger partial charge in [0.05, 0.1) is 16.4 Å². The number of halogens is 1. The molecule has 0 saturated heterocycles. The number of hydrogen-bond donors (Lipinski definition) is 2. The van der Waals surface area contributed by atoms with Crippen molar-refractivity contribution < 1.29 is 9.59 Å². The number of para-hydroxylation sites is 1. The highest BCUT2D eigenvalue weighted by atomic mass is 35.5. The monoisotopic (exact) mass is 467 g/mol. The van der Waals surface area contributed by atoms with Crippen molar-refractivity contribution in [1.82, 2.24) is 20.0 Å². The van der Waals surface area contributed by atoms with E-state index in [4.69, 9.17) is 11.6 Å². The van der Waals surface area contributed by atoms with Gasteiger partial charge in [-0.2, -0.15) is 5.10 Å². The Bertz CT molecular complexity index is 1110. The van der Waals surface area contributed by atoms with Crippen LogP contribution in [-0.4, -0.2) is 45.2 Å². The Labute approximate surface area is 199 Å². The highest BCUT2D eigenvalue weighted by Crippen LogP contribution is 2.28. The van der Waals surface area contributed by atoms with E-state index in [9.17, 15) is 9.59 Å². The highest BCUT2D eigenvalue weighted by Gasteiger charge is 2.22. The average molecular weight is 468 g/mol. The van der Waals surface area contributed by atoms with Crippen LogP contribution in [0.5, 0.6) is 0 Å². The van der Waals surface area contributed by atoms with Crippen molar-refractivity contribution in [2.75, 3.05) is 18.4 Å². The number of hydrogen-bond acceptors (Lipinski definition) is 3. The Morgan fingerprint density at radius 3 is 2.36 bits per heavy atom. The zero-order valence-electron chi connectivity index (χ0n) is 19.4. The highest BCUT2D eigenvalue weighted by molar-refractivity contribution is 6.32. The van der Waals surface area contributed by atoms with Crippen molar-refractivity contribution in [3.05, 3.63) is 65.7 Å². The third-order valence-electron chi connectivity index (χ3n) is 4.72. The summed E-state index contributed by atoms with van der Waals surface area (Å²) >= 11 is 6.42. The van der Waals surface area contributed by atoms with Gasteiger partial charge in [0.1, 0.15) is 12.4 Å². The van der Waals surface area contributed by atoms with Crippen LogP contribution >= 0.6 is 11.6 Å². The third-order valence-corrected chi connectivity index (χ3v) is 5.04. The standard InChI is InChI=1S/C25H30ClN5O2/c1-5-15-30(24(33)28-25(2,3)4)17-23(32)27-22-16-20(18-11-7-6-8-12-18)29-31(22)21-14-10-9-13-19(21)26/h6-14,16H,5,15,17H2,1-4H3,(H,27,32)(H,28,33). The fraction of sp³-hybridized carbons (Fsp3) is 0.320. The quantitative estimate of drug-likeness (QED) is 0.491. The molecule has 0 fully saturated rings. The van der Waals surface area contributed by atoms with Gasteiger partial charge in [-0.1, -0.05) is 61.0 Å². The van der Waals surface area contributed by atoms with Gasteiger partial charge >= 0.3 is 6.03 Å². The van der Waals surface area contributed by atoms with Gasteiger partial charge in [-0.05, 0) is 39.3 Å². The maximum atomic E-state index is 13.0. The molecule has 0 aliphatic rings. The van der Waals surface area contributed by atoms with Crippen LogP contribution < -0.4 is 10.6 Å². The smallest absolute Gasteiger partial charge is 0.318 e. The lowest BCUT2D eigenvalue weighted by atomic mass is 10.1. The van der Waals surface area contributed by atoms with Gasteiger partial charge < -0.3 is 15.5 Å². The summed E-state index contributed by atoms with van der Waals surface area (Å²) < 4.78 is 1.61. The molecule has 7 nitrogen and oxygen atoms in total. The molecule has 0 aliphatic carbocycles. The topological polar surface area (TPSA) is 79.3 Å². The van der Waals surface area contributed by atoms with E-state index in [0.717, 1.165) is 12.0 Å². The molecule has 0 bridgehead atoms. The predicted octanol–water partition coefficient (Wildman–Crippen LogP) is 5.35. The van der Waals surface area contributed by atoms with Gasteiger partial charge in [0.15, 0.2) is 0 Å². The predicted molar refractivity (Wildman–Crippen MR) is 133 cm³/mol. The summed E-state index contributed by atoms with van der Waals surface area (Å²) in [5.41, 5.74) is 1.86. The molecule has 1 aromatic heterocycles. The molecule has 0 saturated carbocycles. The molecule has 2 aromatic carbocycles. The van der Waals surface area contributed by atoms with Crippen molar-refractivity contribution >= 4 is 29.4 Å². The van der Waals surface area contributed by atoms with E-state index in [1.165, 1.54) is 4.90 Å². The van der Waals surface area contributed by atoms with Crippen molar-refractivity contribution in [3.8, 4) is 16.9 Å². The van der Waals surface area contributed by atoms with Gasteiger partial charge in [0, 0.05) is 23.7 Å². The molecule has 3 aromatic rings. The first-order chi connectivity index (χ1) is 15.7. The van der Waals surface area contributed by atoms with Crippen molar-refractivity contribution in [1.29, 1.82) is 0 Å². The van der Waals surface area contributed by atoms with Crippen LogP contribution in [0.3, 0.4) is 0 Å². The Hall–Kier alpha value is -3.32. The fourth-order valence-corrected chi connectivity index (χ4v) is 3.52. The van der Waals surface area contributed by atoms with Gasteiger partial charge in [0.25, 0.3) is 0 Å². The number of carbonyl (C=O) groups excluding carboxylic acids is 2. The van der Waals surface area contributed by atoms with Crippen molar-refractivity contribution in [2.45, 2.75) is 39.7 Å². The lowest BCUT2D eigenvalue weighted by Crippen LogP contribution is -2.50. The number of nitrogens with zero attached hydrogens (tertiary/aromatic N) is 3. The molecule has 3 amide bonds. The minimum absolute atomic E-state index is 0.0792. The third kappa shape index (κ3) is 6.58. The Balaban J connectivity index is 1.88. The first kappa shape index (κ1) is 24.3. The van der Waals surface area contributed by atoms with E-state index in [0.29, 0.717) is 28.8 Å². The van der Waals surface area contributed by atoms with E-state index in [1.807, 2.05) is 76.2 Å². The molecule has 0 atom stereocenters. The molecular weight excluding hydrogens is 438 g/mol. The van der Waals surface area contributed by atoms with E-state index in [2.05, 4.69) is 15.7 Å². The molecule has 0 aliphatic heterocycles. The zero-order chi connectivity index (χ0) is 24.0. The molecular formula is C25H30ClN5O2. The van der Waals surface area contributed by atoms with Crippen LogP contribution in [0.25, 0.3) is 16.9 Å². The minimum Gasteiger partial charge on any atom is -0.333 e. The number of anilines is 1. The van der Waals surface area contributed by atoms with Crippen LogP contribution in [0.1, 0.15) is 34.1 Å². The number of nitrogens with one attached hydrogen (secondary N) is 2. The molecule has 33 heavy (non-hydrogen) atoms. The molecule has 0 radical (unpaired) electrons.